The van der Waals surface area contributed by atoms with Gasteiger partial charge in [-0.25, -0.2) is 0 Å². The van der Waals surface area contributed by atoms with Gasteiger partial charge in [0, 0.05) is 24.8 Å². The molecular weight excluding hydrogens is 304 g/mol. The number of benzene rings is 1. The van der Waals surface area contributed by atoms with Crippen molar-refractivity contribution in [1.29, 1.82) is 0 Å². The molecule has 0 bridgehead atoms. The molecule has 0 fully saturated rings. The fraction of sp³-hybridized carbons (Fsp3) is 0.400. The highest BCUT2D eigenvalue weighted by Crippen LogP contribution is 2.31. The van der Waals surface area contributed by atoms with E-state index in [1.807, 2.05) is 6.08 Å². The highest BCUT2D eigenvalue weighted by Gasteiger charge is 2.22. The molecule has 1 aromatic carbocycles. The van der Waals surface area contributed by atoms with Crippen LogP contribution in [0.3, 0.4) is 0 Å². The first-order valence-corrected chi connectivity index (χ1v) is 8.49. The van der Waals surface area contributed by atoms with E-state index in [0.717, 1.165) is 42.8 Å². The Kier molecular flexibility index (Phi) is 5.26. The highest BCUT2D eigenvalue weighted by atomic mass is 16.5. The lowest BCUT2D eigenvalue weighted by Crippen LogP contribution is -2.14. The number of hydrogen-bond donors (Lipinski definition) is 1. The number of hydrogen-bond acceptors (Lipinski definition) is 4. The summed E-state index contributed by atoms with van der Waals surface area (Å²) in [7, 11) is 0. The van der Waals surface area contributed by atoms with Crippen LogP contribution in [0.25, 0.3) is 0 Å². The second kappa shape index (κ2) is 7.58. The van der Waals surface area contributed by atoms with Gasteiger partial charge < -0.3 is 9.84 Å². The van der Waals surface area contributed by atoms with Gasteiger partial charge >= 0.3 is 0 Å². The van der Waals surface area contributed by atoms with E-state index in [9.17, 15) is 14.7 Å². The highest BCUT2D eigenvalue weighted by molar-refractivity contribution is 6.02. The smallest absolute Gasteiger partial charge is 0.163 e. The number of carbonyl (C=O) groups is 2. The number of ketones is 2. The minimum Gasteiger partial charge on any atom is -0.498 e. The van der Waals surface area contributed by atoms with Gasteiger partial charge in [-0.15, -0.1) is 0 Å². The van der Waals surface area contributed by atoms with Crippen molar-refractivity contribution in [2.24, 2.45) is 0 Å². The Bertz CT molecular complexity index is 712. The lowest BCUT2D eigenvalue weighted by atomic mass is 9.89. The molecule has 1 aromatic rings. The molecule has 24 heavy (non-hydrogen) atoms. The van der Waals surface area contributed by atoms with Gasteiger partial charge in [0.2, 0.25) is 0 Å². The van der Waals surface area contributed by atoms with Crippen LogP contribution >= 0.6 is 0 Å². The number of ether oxygens (including phenoxy) is 1. The summed E-state index contributed by atoms with van der Waals surface area (Å²) in [6.45, 7) is 0.604. The van der Waals surface area contributed by atoms with Gasteiger partial charge in [0.25, 0.3) is 0 Å². The summed E-state index contributed by atoms with van der Waals surface area (Å²) in [6, 6.07) is 7.00. The van der Waals surface area contributed by atoms with Gasteiger partial charge in [-0.1, -0.05) is 24.3 Å². The van der Waals surface area contributed by atoms with Gasteiger partial charge in [0.15, 0.2) is 11.6 Å². The molecule has 0 amide bonds. The minimum absolute atomic E-state index is 0.0435. The standard InChI is InChI=1S/C20H22O4/c21-13-16-4-1-2-6-17(16)19(23)9-8-18(22)14-7-10-20-15(12-14)5-3-11-24-20/h1-2,4,6,12,21H,3,5,7-11,13H2. The number of carbonyl (C=O) groups excluding carboxylic acids is 2. The fourth-order valence-electron chi connectivity index (χ4n) is 3.28. The zero-order chi connectivity index (χ0) is 16.9. The van der Waals surface area contributed by atoms with E-state index in [0.29, 0.717) is 17.5 Å². The molecule has 1 aliphatic heterocycles. The second-order valence-corrected chi connectivity index (χ2v) is 6.23. The third-order valence-corrected chi connectivity index (χ3v) is 4.62. The molecule has 2 aliphatic rings. The van der Waals surface area contributed by atoms with Crippen molar-refractivity contribution in [2.75, 3.05) is 6.61 Å². The first kappa shape index (κ1) is 16.7. The fourth-order valence-corrected chi connectivity index (χ4v) is 3.28. The van der Waals surface area contributed by atoms with Crippen molar-refractivity contribution in [3.63, 3.8) is 0 Å². The molecule has 126 valence electrons. The van der Waals surface area contributed by atoms with Crippen LogP contribution in [-0.2, 0) is 16.1 Å². The van der Waals surface area contributed by atoms with Crippen LogP contribution in [0, 0.1) is 0 Å². The van der Waals surface area contributed by atoms with Crippen LogP contribution in [0.4, 0.5) is 0 Å². The largest absolute Gasteiger partial charge is 0.498 e. The Hall–Kier alpha value is -2.20. The molecule has 4 nitrogen and oxygen atoms in total. The summed E-state index contributed by atoms with van der Waals surface area (Å²) in [5.41, 5.74) is 3.08. The molecule has 0 radical (unpaired) electrons. The van der Waals surface area contributed by atoms with Gasteiger partial charge in [-0.3, -0.25) is 9.59 Å². The average molecular weight is 326 g/mol. The molecular formula is C20H22O4. The Balaban J connectivity index is 1.62. The SMILES string of the molecule is O=C(CCC(=O)c1ccccc1CO)C1=CC2=C(CC1)OCCC2. The van der Waals surface area contributed by atoms with E-state index in [4.69, 9.17) is 4.74 Å². The van der Waals surface area contributed by atoms with Crippen LogP contribution in [0.5, 0.6) is 0 Å². The molecule has 1 aliphatic carbocycles. The molecule has 3 rings (SSSR count). The van der Waals surface area contributed by atoms with Crippen molar-refractivity contribution >= 4 is 11.6 Å². The van der Waals surface area contributed by atoms with Crippen molar-refractivity contribution < 1.29 is 19.4 Å². The third kappa shape index (κ3) is 3.65. The quantitative estimate of drug-likeness (QED) is 0.813. The summed E-state index contributed by atoms with van der Waals surface area (Å²) >= 11 is 0. The molecule has 1 heterocycles. The average Bonchev–Trinajstić information content (AvgIpc) is 2.65. The lowest BCUT2D eigenvalue weighted by molar-refractivity contribution is -0.115. The predicted molar refractivity (Wildman–Crippen MR) is 90.5 cm³/mol. The van der Waals surface area contributed by atoms with Crippen LogP contribution in [0.2, 0.25) is 0 Å². The molecule has 0 spiro atoms. The van der Waals surface area contributed by atoms with E-state index >= 15 is 0 Å². The van der Waals surface area contributed by atoms with Gasteiger partial charge in [-0.2, -0.15) is 0 Å². The Morgan fingerprint density at radius 3 is 2.67 bits per heavy atom. The first-order chi connectivity index (χ1) is 11.7. The first-order valence-electron chi connectivity index (χ1n) is 8.49. The Morgan fingerprint density at radius 2 is 1.83 bits per heavy atom. The van der Waals surface area contributed by atoms with Gasteiger partial charge in [0.1, 0.15) is 0 Å². The third-order valence-electron chi connectivity index (χ3n) is 4.62. The molecule has 0 aromatic heterocycles. The van der Waals surface area contributed by atoms with Crippen LogP contribution in [-0.4, -0.2) is 23.3 Å². The molecule has 0 saturated heterocycles. The summed E-state index contributed by atoms with van der Waals surface area (Å²) in [5.74, 6) is 0.984. The minimum atomic E-state index is -0.169. The van der Waals surface area contributed by atoms with E-state index in [1.54, 1.807) is 24.3 Å². The molecule has 1 N–H and O–H groups in total. The van der Waals surface area contributed by atoms with Crippen molar-refractivity contribution in [3.8, 4) is 0 Å². The summed E-state index contributed by atoms with van der Waals surface area (Å²) in [4.78, 5) is 24.8. The Morgan fingerprint density at radius 1 is 1.04 bits per heavy atom. The maximum atomic E-state index is 12.4. The summed E-state index contributed by atoms with van der Waals surface area (Å²) < 4.78 is 5.64. The zero-order valence-corrected chi connectivity index (χ0v) is 13.7. The number of rotatable bonds is 6. The molecule has 0 unspecified atom stereocenters. The number of Topliss-reactive ketones (excluding diaryl/α,β-unsaturated/α-hetero) is 2. The van der Waals surface area contributed by atoms with Gasteiger partial charge in [-0.05, 0) is 42.0 Å². The Labute approximate surface area is 141 Å². The number of allylic oxidation sites excluding steroid dienone is 4. The maximum Gasteiger partial charge on any atom is 0.163 e. The van der Waals surface area contributed by atoms with E-state index < -0.39 is 0 Å². The second-order valence-electron chi connectivity index (χ2n) is 6.23. The van der Waals surface area contributed by atoms with Crippen molar-refractivity contribution in [2.45, 2.75) is 45.1 Å². The molecule has 0 saturated carbocycles. The lowest BCUT2D eigenvalue weighted by Gasteiger charge is -2.24. The number of aliphatic hydroxyl groups excluding tert-OH is 1. The van der Waals surface area contributed by atoms with Crippen LogP contribution in [0.15, 0.2) is 47.2 Å². The summed E-state index contributed by atoms with van der Waals surface area (Å²) in [5, 5.41) is 9.31. The molecule has 4 heteroatoms. The van der Waals surface area contributed by atoms with Crippen LogP contribution < -0.4 is 0 Å². The van der Waals surface area contributed by atoms with E-state index in [1.165, 1.54) is 0 Å². The van der Waals surface area contributed by atoms with Gasteiger partial charge in [0.05, 0.1) is 19.0 Å². The van der Waals surface area contributed by atoms with Crippen molar-refractivity contribution in [1.82, 2.24) is 0 Å². The van der Waals surface area contributed by atoms with Crippen LogP contribution in [0.1, 0.15) is 54.4 Å². The molecule has 0 atom stereocenters. The monoisotopic (exact) mass is 326 g/mol. The van der Waals surface area contributed by atoms with E-state index in [2.05, 4.69) is 0 Å². The number of aliphatic hydroxyl groups is 1. The van der Waals surface area contributed by atoms with Crippen molar-refractivity contribution in [3.05, 3.63) is 58.4 Å². The topological polar surface area (TPSA) is 63.6 Å². The summed E-state index contributed by atoms with van der Waals surface area (Å²) in [6.07, 6.45) is 5.80. The zero-order valence-electron chi connectivity index (χ0n) is 13.7. The predicted octanol–water partition coefficient (Wildman–Crippen LogP) is 3.50. The normalized spacial score (nSPS) is 17.0. The van der Waals surface area contributed by atoms with E-state index in [-0.39, 0.29) is 31.0 Å². The maximum absolute atomic E-state index is 12.4.